The second kappa shape index (κ2) is 10.3. The fourth-order valence-corrected chi connectivity index (χ4v) is 3.42. The predicted molar refractivity (Wildman–Crippen MR) is 126 cm³/mol. The Morgan fingerprint density at radius 2 is 1.93 bits per heavy atom. The smallest absolute Gasteiger partial charge is 0.216 e. The minimum atomic E-state index is 0. The SMILES string of the molecule is CCNC(=NCc1nc(C)c(C)o1)N1CCN(c2cc(Cl)ccc2C)CC1.I. The van der Waals surface area contributed by atoms with Gasteiger partial charge in [0.25, 0.3) is 0 Å². The highest BCUT2D eigenvalue weighted by Crippen LogP contribution is 2.25. The Hall–Kier alpha value is -1.48. The number of halogens is 2. The molecule has 1 aliphatic heterocycles. The third-order valence-electron chi connectivity index (χ3n) is 4.86. The minimum absolute atomic E-state index is 0. The van der Waals surface area contributed by atoms with Gasteiger partial charge in [0.15, 0.2) is 5.96 Å². The Labute approximate surface area is 189 Å². The molecule has 0 amide bonds. The van der Waals surface area contributed by atoms with Crippen molar-refractivity contribution in [3.63, 3.8) is 0 Å². The van der Waals surface area contributed by atoms with Crippen LogP contribution in [0.1, 0.15) is 29.8 Å². The van der Waals surface area contributed by atoms with Gasteiger partial charge in [-0.1, -0.05) is 17.7 Å². The largest absolute Gasteiger partial charge is 0.444 e. The van der Waals surface area contributed by atoms with E-state index in [0.29, 0.717) is 12.4 Å². The fraction of sp³-hybridized carbons (Fsp3) is 0.500. The predicted octanol–water partition coefficient (Wildman–Crippen LogP) is 4.16. The first-order valence-corrected chi connectivity index (χ1v) is 9.83. The lowest BCUT2D eigenvalue weighted by molar-refractivity contribution is 0.371. The van der Waals surface area contributed by atoms with E-state index in [1.807, 2.05) is 19.9 Å². The number of piperazine rings is 1. The van der Waals surface area contributed by atoms with Crippen molar-refractivity contribution >= 4 is 47.2 Å². The summed E-state index contributed by atoms with van der Waals surface area (Å²) in [6, 6.07) is 6.08. The summed E-state index contributed by atoms with van der Waals surface area (Å²) in [7, 11) is 0. The summed E-state index contributed by atoms with van der Waals surface area (Å²) >= 11 is 6.19. The third kappa shape index (κ3) is 5.53. The van der Waals surface area contributed by atoms with Crippen molar-refractivity contribution in [1.29, 1.82) is 0 Å². The lowest BCUT2D eigenvalue weighted by Gasteiger charge is -2.38. The van der Waals surface area contributed by atoms with Gasteiger partial charge >= 0.3 is 0 Å². The normalized spacial score (nSPS) is 14.8. The van der Waals surface area contributed by atoms with Gasteiger partial charge in [0.1, 0.15) is 12.3 Å². The zero-order valence-corrected chi connectivity index (χ0v) is 20.0. The van der Waals surface area contributed by atoms with Gasteiger partial charge in [-0.05, 0) is 45.4 Å². The first-order chi connectivity index (χ1) is 13.0. The Bertz CT molecular complexity index is 795. The van der Waals surface area contributed by atoms with Gasteiger partial charge in [-0.3, -0.25) is 0 Å². The quantitative estimate of drug-likeness (QED) is 0.375. The number of hydrogen-bond acceptors (Lipinski definition) is 4. The summed E-state index contributed by atoms with van der Waals surface area (Å²) in [6.07, 6.45) is 0. The van der Waals surface area contributed by atoms with E-state index < -0.39 is 0 Å². The summed E-state index contributed by atoms with van der Waals surface area (Å²) in [6.45, 7) is 13.0. The highest BCUT2D eigenvalue weighted by molar-refractivity contribution is 14.0. The molecule has 2 aromatic rings. The minimum Gasteiger partial charge on any atom is -0.444 e. The molecule has 1 aliphatic rings. The molecule has 0 unspecified atom stereocenters. The number of aliphatic imine (C=N–C) groups is 1. The molecule has 1 fully saturated rings. The van der Waals surface area contributed by atoms with E-state index in [9.17, 15) is 0 Å². The molecule has 0 saturated carbocycles. The summed E-state index contributed by atoms with van der Waals surface area (Å²) in [4.78, 5) is 13.8. The van der Waals surface area contributed by atoms with E-state index in [-0.39, 0.29) is 24.0 Å². The van der Waals surface area contributed by atoms with Gasteiger partial charge in [0.05, 0.1) is 5.69 Å². The Kier molecular flexibility index (Phi) is 8.42. The topological polar surface area (TPSA) is 56.9 Å². The second-order valence-corrected chi connectivity index (χ2v) is 7.26. The molecule has 1 N–H and O–H groups in total. The second-order valence-electron chi connectivity index (χ2n) is 6.82. The van der Waals surface area contributed by atoms with E-state index in [2.05, 4.69) is 46.1 Å². The maximum Gasteiger partial charge on any atom is 0.216 e. The maximum absolute atomic E-state index is 6.19. The van der Waals surface area contributed by atoms with E-state index in [1.165, 1.54) is 11.3 Å². The molecule has 2 heterocycles. The Morgan fingerprint density at radius 3 is 2.54 bits per heavy atom. The molecule has 3 rings (SSSR count). The van der Waals surface area contributed by atoms with E-state index in [4.69, 9.17) is 21.0 Å². The molecule has 6 nitrogen and oxygen atoms in total. The van der Waals surface area contributed by atoms with Gasteiger partial charge < -0.3 is 19.5 Å². The fourth-order valence-electron chi connectivity index (χ4n) is 3.26. The van der Waals surface area contributed by atoms with Crippen LogP contribution in [0.15, 0.2) is 27.6 Å². The number of hydrogen-bond donors (Lipinski definition) is 1. The van der Waals surface area contributed by atoms with Crippen LogP contribution in [0.4, 0.5) is 5.69 Å². The molecular weight excluding hydrogens is 489 g/mol. The van der Waals surface area contributed by atoms with Crippen molar-refractivity contribution in [2.75, 3.05) is 37.6 Å². The Morgan fingerprint density at radius 1 is 1.21 bits per heavy atom. The molecule has 0 spiro atoms. The molecule has 1 aromatic carbocycles. The molecule has 8 heteroatoms. The van der Waals surface area contributed by atoms with Crippen LogP contribution < -0.4 is 10.2 Å². The van der Waals surface area contributed by atoms with Gasteiger partial charge in [-0.15, -0.1) is 24.0 Å². The molecular formula is C20H29ClIN5O. The number of rotatable bonds is 4. The molecule has 0 bridgehead atoms. The first-order valence-electron chi connectivity index (χ1n) is 9.45. The van der Waals surface area contributed by atoms with Crippen molar-refractivity contribution in [3.05, 3.63) is 46.1 Å². The number of nitrogens with zero attached hydrogens (tertiary/aromatic N) is 4. The van der Waals surface area contributed by atoms with Crippen LogP contribution in [0.2, 0.25) is 5.02 Å². The van der Waals surface area contributed by atoms with Crippen molar-refractivity contribution in [2.45, 2.75) is 34.2 Å². The van der Waals surface area contributed by atoms with Crippen LogP contribution in [-0.4, -0.2) is 48.6 Å². The summed E-state index contributed by atoms with van der Waals surface area (Å²) in [5, 5.41) is 4.17. The highest BCUT2D eigenvalue weighted by Gasteiger charge is 2.21. The molecule has 1 saturated heterocycles. The lowest BCUT2D eigenvalue weighted by Crippen LogP contribution is -2.52. The maximum atomic E-state index is 6.19. The van der Waals surface area contributed by atoms with E-state index in [0.717, 1.165) is 55.2 Å². The van der Waals surface area contributed by atoms with Crippen molar-refractivity contribution in [3.8, 4) is 0 Å². The van der Waals surface area contributed by atoms with Crippen LogP contribution in [-0.2, 0) is 6.54 Å². The van der Waals surface area contributed by atoms with Gasteiger partial charge in [-0.25, -0.2) is 9.98 Å². The first kappa shape index (κ1) is 22.8. The van der Waals surface area contributed by atoms with Crippen molar-refractivity contribution in [1.82, 2.24) is 15.2 Å². The monoisotopic (exact) mass is 517 g/mol. The molecule has 0 radical (unpaired) electrons. The van der Waals surface area contributed by atoms with Crippen molar-refractivity contribution < 1.29 is 4.42 Å². The lowest BCUT2D eigenvalue weighted by atomic mass is 10.1. The number of guanidine groups is 1. The van der Waals surface area contributed by atoms with Crippen molar-refractivity contribution in [2.24, 2.45) is 4.99 Å². The molecule has 28 heavy (non-hydrogen) atoms. The number of aromatic nitrogens is 1. The summed E-state index contributed by atoms with van der Waals surface area (Å²) in [5.74, 6) is 2.43. The van der Waals surface area contributed by atoms with Gasteiger partial charge in [0.2, 0.25) is 5.89 Å². The highest BCUT2D eigenvalue weighted by atomic mass is 127. The number of oxazole rings is 1. The van der Waals surface area contributed by atoms with Crippen LogP contribution in [0.5, 0.6) is 0 Å². The van der Waals surface area contributed by atoms with E-state index >= 15 is 0 Å². The zero-order valence-electron chi connectivity index (χ0n) is 17.0. The van der Waals surface area contributed by atoms with Crippen LogP contribution in [0.25, 0.3) is 0 Å². The average molecular weight is 518 g/mol. The Balaban J connectivity index is 0.00000280. The molecule has 1 aromatic heterocycles. The summed E-state index contributed by atoms with van der Waals surface area (Å²) in [5.41, 5.74) is 3.40. The number of nitrogens with one attached hydrogen (secondary N) is 1. The third-order valence-corrected chi connectivity index (χ3v) is 5.10. The van der Waals surface area contributed by atoms with Crippen LogP contribution in [0.3, 0.4) is 0 Å². The standard InChI is InChI=1S/C20H28ClN5O.HI/c1-5-22-20(23-13-19-24-15(3)16(4)27-19)26-10-8-25(9-11-26)18-12-17(21)7-6-14(18)2;/h6-7,12H,5,8-11,13H2,1-4H3,(H,22,23);1H. The van der Waals surface area contributed by atoms with Gasteiger partial charge in [0, 0.05) is 43.4 Å². The molecule has 0 aliphatic carbocycles. The molecule has 154 valence electrons. The number of benzene rings is 1. The van der Waals surface area contributed by atoms with Crippen LogP contribution in [0, 0.1) is 20.8 Å². The number of anilines is 1. The number of aryl methyl sites for hydroxylation is 3. The van der Waals surface area contributed by atoms with Crippen LogP contribution >= 0.6 is 35.6 Å². The zero-order chi connectivity index (χ0) is 19.4. The van der Waals surface area contributed by atoms with E-state index in [1.54, 1.807) is 0 Å². The summed E-state index contributed by atoms with van der Waals surface area (Å²) < 4.78 is 5.64. The average Bonchev–Trinajstić information content (AvgIpc) is 2.98. The van der Waals surface area contributed by atoms with Gasteiger partial charge in [-0.2, -0.15) is 0 Å². The molecule has 0 atom stereocenters.